The van der Waals surface area contributed by atoms with Gasteiger partial charge in [0.2, 0.25) is 23.6 Å². The van der Waals surface area contributed by atoms with Crippen LogP contribution in [-0.4, -0.2) is 59.9 Å². The molecule has 0 spiro atoms. The number of nitrogens with one attached hydrogen (secondary N) is 3. The van der Waals surface area contributed by atoms with Gasteiger partial charge in [0.1, 0.15) is 12.6 Å². The minimum Gasteiger partial charge on any atom is -0.480 e. The van der Waals surface area contributed by atoms with E-state index in [0.29, 0.717) is 6.42 Å². The fourth-order valence-corrected chi connectivity index (χ4v) is 1.88. The summed E-state index contributed by atoms with van der Waals surface area (Å²) >= 11 is 0. The number of hydrogen-bond acceptors (Lipinski definition) is 6. The van der Waals surface area contributed by atoms with Gasteiger partial charge in [-0.05, 0) is 12.3 Å². The number of carbonyl (C=O) groups excluding carboxylic acids is 4. The van der Waals surface area contributed by atoms with Crippen LogP contribution < -0.4 is 27.4 Å². The largest absolute Gasteiger partial charge is 0.480 e. The predicted octanol–water partition coefficient (Wildman–Crippen LogP) is -2.57. The number of primary amides is 1. The van der Waals surface area contributed by atoms with Gasteiger partial charge >= 0.3 is 5.97 Å². The van der Waals surface area contributed by atoms with Crippen LogP contribution in [0.3, 0.4) is 0 Å². The molecular weight excluding hydrogens is 346 g/mol. The molecule has 11 heteroatoms. The third kappa shape index (κ3) is 9.57. The summed E-state index contributed by atoms with van der Waals surface area (Å²) in [5.41, 5.74) is 10.8. The highest BCUT2D eigenvalue weighted by Crippen LogP contribution is 2.04. The quantitative estimate of drug-likeness (QED) is 0.216. The lowest BCUT2D eigenvalue weighted by atomic mass is 9.99. The molecule has 3 atom stereocenters. The maximum Gasteiger partial charge on any atom is 0.322 e. The zero-order valence-corrected chi connectivity index (χ0v) is 14.9. The highest BCUT2D eigenvalue weighted by atomic mass is 16.4. The Morgan fingerprint density at radius 1 is 1.04 bits per heavy atom. The predicted molar refractivity (Wildman–Crippen MR) is 91.4 cm³/mol. The van der Waals surface area contributed by atoms with Gasteiger partial charge in [0.25, 0.3) is 0 Å². The van der Waals surface area contributed by atoms with E-state index in [4.69, 9.17) is 16.6 Å². The van der Waals surface area contributed by atoms with Crippen LogP contribution in [-0.2, 0) is 24.0 Å². The van der Waals surface area contributed by atoms with E-state index < -0.39 is 54.8 Å². The molecule has 0 fully saturated rings. The molecule has 0 aromatic heterocycles. The normalized spacial score (nSPS) is 13.8. The van der Waals surface area contributed by atoms with Crippen LogP contribution in [0.1, 0.15) is 33.1 Å². The lowest BCUT2D eigenvalue weighted by molar-refractivity contribution is -0.138. The van der Waals surface area contributed by atoms with Gasteiger partial charge in [-0.1, -0.05) is 20.3 Å². The van der Waals surface area contributed by atoms with Gasteiger partial charge in [0.15, 0.2) is 0 Å². The van der Waals surface area contributed by atoms with E-state index >= 15 is 0 Å². The Morgan fingerprint density at radius 2 is 1.62 bits per heavy atom. The smallest absolute Gasteiger partial charge is 0.322 e. The maximum absolute atomic E-state index is 11.9. The first-order valence-electron chi connectivity index (χ1n) is 8.18. The lowest BCUT2D eigenvalue weighted by Gasteiger charge is -2.19. The van der Waals surface area contributed by atoms with Crippen molar-refractivity contribution in [3.63, 3.8) is 0 Å². The van der Waals surface area contributed by atoms with E-state index in [2.05, 4.69) is 16.0 Å². The monoisotopic (exact) mass is 373 g/mol. The van der Waals surface area contributed by atoms with Crippen LogP contribution in [0.15, 0.2) is 0 Å². The highest BCUT2D eigenvalue weighted by Gasteiger charge is 2.23. The van der Waals surface area contributed by atoms with Crippen molar-refractivity contribution in [1.29, 1.82) is 0 Å². The SMILES string of the molecule is CCC(C)C(N)C(=O)NCC(=O)NC(CCC(N)=O)C(=O)NCC(=O)O. The van der Waals surface area contributed by atoms with Crippen LogP contribution in [0.4, 0.5) is 0 Å². The lowest BCUT2D eigenvalue weighted by Crippen LogP contribution is -2.52. The number of carboxylic acids is 1. The van der Waals surface area contributed by atoms with Crippen molar-refractivity contribution in [2.45, 2.75) is 45.2 Å². The molecule has 8 N–H and O–H groups in total. The summed E-state index contributed by atoms with van der Waals surface area (Å²) in [5.74, 6) is -3.96. The summed E-state index contributed by atoms with van der Waals surface area (Å²) in [5, 5.41) is 15.4. The summed E-state index contributed by atoms with van der Waals surface area (Å²) in [4.78, 5) is 57.1. The molecule has 26 heavy (non-hydrogen) atoms. The fraction of sp³-hybridized carbons (Fsp3) is 0.667. The second kappa shape index (κ2) is 11.8. The van der Waals surface area contributed by atoms with Gasteiger partial charge in [-0.2, -0.15) is 0 Å². The zero-order chi connectivity index (χ0) is 20.3. The number of rotatable bonds is 12. The Kier molecular flexibility index (Phi) is 10.6. The number of nitrogens with two attached hydrogens (primary N) is 2. The average molecular weight is 373 g/mol. The molecule has 0 aromatic rings. The summed E-state index contributed by atoms with van der Waals surface area (Å²) in [7, 11) is 0. The van der Waals surface area contributed by atoms with Crippen molar-refractivity contribution in [3.05, 3.63) is 0 Å². The van der Waals surface area contributed by atoms with E-state index in [1.165, 1.54) is 0 Å². The molecule has 0 rings (SSSR count). The van der Waals surface area contributed by atoms with E-state index in [-0.39, 0.29) is 18.8 Å². The topological polar surface area (TPSA) is 194 Å². The Hall–Kier alpha value is -2.69. The number of carbonyl (C=O) groups is 5. The molecule has 0 saturated heterocycles. The van der Waals surface area contributed by atoms with Crippen LogP contribution in [0, 0.1) is 5.92 Å². The van der Waals surface area contributed by atoms with Crippen LogP contribution >= 0.6 is 0 Å². The summed E-state index contributed by atoms with van der Waals surface area (Å²) in [6.07, 6.45) is 0.406. The average Bonchev–Trinajstić information content (AvgIpc) is 2.59. The van der Waals surface area contributed by atoms with Crippen LogP contribution in [0.5, 0.6) is 0 Å². The molecule has 148 valence electrons. The van der Waals surface area contributed by atoms with Gasteiger partial charge in [-0.25, -0.2) is 0 Å². The minimum absolute atomic E-state index is 0.0665. The van der Waals surface area contributed by atoms with E-state index in [0.717, 1.165) is 0 Å². The minimum atomic E-state index is -1.26. The fourth-order valence-electron chi connectivity index (χ4n) is 1.88. The number of amides is 4. The standard InChI is InChI=1S/C15H27N5O6/c1-3-8(2)13(17)15(26)18-6-11(22)20-9(4-5-10(16)21)14(25)19-7-12(23)24/h8-9,13H,3-7,17H2,1-2H3,(H2,16,21)(H,18,26)(H,19,25)(H,20,22)(H,23,24). The first kappa shape index (κ1) is 23.3. The number of carboxylic acid groups (broad SMARTS) is 1. The van der Waals surface area contributed by atoms with Crippen molar-refractivity contribution in [1.82, 2.24) is 16.0 Å². The highest BCUT2D eigenvalue weighted by molar-refractivity contribution is 5.92. The zero-order valence-electron chi connectivity index (χ0n) is 14.9. The molecule has 0 saturated carbocycles. The van der Waals surface area contributed by atoms with E-state index in [9.17, 15) is 24.0 Å². The molecule has 0 radical (unpaired) electrons. The number of hydrogen-bond donors (Lipinski definition) is 6. The Morgan fingerprint density at radius 3 is 2.12 bits per heavy atom. The second-order valence-corrected chi connectivity index (χ2v) is 5.87. The Bertz CT molecular complexity index is 539. The molecule has 0 aliphatic rings. The van der Waals surface area contributed by atoms with E-state index in [1.54, 1.807) is 6.92 Å². The molecule has 0 aliphatic carbocycles. The molecule has 4 amide bonds. The van der Waals surface area contributed by atoms with Gasteiger partial charge in [0, 0.05) is 6.42 Å². The molecule has 3 unspecified atom stereocenters. The van der Waals surface area contributed by atoms with Gasteiger partial charge in [-0.15, -0.1) is 0 Å². The summed E-state index contributed by atoms with van der Waals surface area (Å²) in [6.45, 7) is 2.63. The first-order valence-corrected chi connectivity index (χ1v) is 8.18. The van der Waals surface area contributed by atoms with Crippen molar-refractivity contribution < 1.29 is 29.1 Å². The summed E-state index contributed by atoms with van der Waals surface area (Å²) < 4.78 is 0. The Labute approximate surface area is 151 Å². The second-order valence-electron chi connectivity index (χ2n) is 5.87. The van der Waals surface area contributed by atoms with E-state index in [1.807, 2.05) is 6.92 Å². The molecule has 0 heterocycles. The maximum atomic E-state index is 11.9. The molecule has 0 aliphatic heterocycles. The van der Waals surface area contributed by atoms with Crippen molar-refractivity contribution in [2.24, 2.45) is 17.4 Å². The van der Waals surface area contributed by atoms with Crippen molar-refractivity contribution in [2.75, 3.05) is 13.1 Å². The Balaban J connectivity index is 4.64. The molecule has 0 aromatic carbocycles. The molecule has 11 nitrogen and oxygen atoms in total. The van der Waals surface area contributed by atoms with Crippen LogP contribution in [0.25, 0.3) is 0 Å². The van der Waals surface area contributed by atoms with Crippen molar-refractivity contribution in [3.8, 4) is 0 Å². The first-order chi connectivity index (χ1) is 12.1. The molecule has 0 bridgehead atoms. The van der Waals surface area contributed by atoms with Crippen molar-refractivity contribution >= 4 is 29.6 Å². The summed E-state index contributed by atoms with van der Waals surface area (Å²) in [6, 6.07) is -1.92. The van der Waals surface area contributed by atoms with Crippen LogP contribution in [0.2, 0.25) is 0 Å². The molecular formula is C15H27N5O6. The van der Waals surface area contributed by atoms with Gasteiger partial charge in [0.05, 0.1) is 12.6 Å². The third-order valence-electron chi connectivity index (χ3n) is 3.73. The number of aliphatic carboxylic acids is 1. The van der Waals surface area contributed by atoms with Gasteiger partial charge < -0.3 is 32.5 Å². The van der Waals surface area contributed by atoms with Gasteiger partial charge in [-0.3, -0.25) is 24.0 Å². The third-order valence-corrected chi connectivity index (χ3v) is 3.73.